The third-order valence-corrected chi connectivity index (χ3v) is 2.30. The SMILES string of the molecule is CNNC(=O)c1ccc(NC(=O)CBr)cc1. The molecule has 0 fully saturated rings. The highest BCUT2D eigenvalue weighted by atomic mass is 79.9. The van der Waals surface area contributed by atoms with Crippen LogP contribution in [-0.2, 0) is 4.79 Å². The summed E-state index contributed by atoms with van der Waals surface area (Å²) in [4.78, 5) is 22.4. The maximum absolute atomic E-state index is 11.4. The second kappa shape index (κ2) is 6.24. The number of halogens is 1. The monoisotopic (exact) mass is 285 g/mol. The smallest absolute Gasteiger partial charge is 0.265 e. The maximum Gasteiger partial charge on any atom is 0.265 e. The minimum absolute atomic E-state index is 0.132. The maximum atomic E-state index is 11.4. The van der Waals surface area contributed by atoms with Crippen LogP contribution in [0.25, 0.3) is 0 Å². The van der Waals surface area contributed by atoms with E-state index in [9.17, 15) is 9.59 Å². The van der Waals surface area contributed by atoms with E-state index in [1.807, 2.05) is 0 Å². The summed E-state index contributed by atoms with van der Waals surface area (Å²) < 4.78 is 0. The molecule has 2 amide bonds. The molecule has 0 heterocycles. The van der Waals surface area contributed by atoms with E-state index in [1.165, 1.54) is 0 Å². The summed E-state index contributed by atoms with van der Waals surface area (Å²) >= 11 is 3.05. The third kappa shape index (κ3) is 3.63. The van der Waals surface area contributed by atoms with E-state index in [0.29, 0.717) is 11.3 Å². The molecule has 0 aliphatic carbocycles. The minimum Gasteiger partial charge on any atom is -0.325 e. The van der Waals surface area contributed by atoms with E-state index in [0.717, 1.165) is 0 Å². The molecular formula is C10H12BrN3O2. The molecule has 0 bridgehead atoms. The van der Waals surface area contributed by atoms with Crippen molar-refractivity contribution in [2.75, 3.05) is 17.7 Å². The average molecular weight is 286 g/mol. The lowest BCUT2D eigenvalue weighted by Gasteiger charge is -2.05. The van der Waals surface area contributed by atoms with Gasteiger partial charge >= 0.3 is 0 Å². The van der Waals surface area contributed by atoms with Crippen molar-refractivity contribution in [2.24, 2.45) is 0 Å². The number of amides is 2. The molecule has 1 aromatic rings. The second-order valence-corrected chi connectivity index (χ2v) is 3.52. The van der Waals surface area contributed by atoms with Crippen LogP contribution >= 0.6 is 15.9 Å². The molecule has 5 nitrogen and oxygen atoms in total. The molecule has 16 heavy (non-hydrogen) atoms. The van der Waals surface area contributed by atoms with E-state index in [1.54, 1.807) is 31.3 Å². The third-order valence-electron chi connectivity index (χ3n) is 1.79. The van der Waals surface area contributed by atoms with E-state index in [2.05, 4.69) is 32.1 Å². The van der Waals surface area contributed by atoms with Gasteiger partial charge in [-0.25, -0.2) is 5.43 Å². The fourth-order valence-electron chi connectivity index (χ4n) is 1.09. The van der Waals surface area contributed by atoms with Gasteiger partial charge in [0.2, 0.25) is 5.91 Å². The zero-order valence-electron chi connectivity index (χ0n) is 8.71. The van der Waals surface area contributed by atoms with Gasteiger partial charge < -0.3 is 5.32 Å². The van der Waals surface area contributed by atoms with Crippen LogP contribution in [0.15, 0.2) is 24.3 Å². The molecule has 0 aliphatic rings. The Morgan fingerprint density at radius 2 is 1.88 bits per heavy atom. The predicted octanol–water partition coefficient (Wildman–Crippen LogP) is 0.884. The van der Waals surface area contributed by atoms with Crippen molar-refractivity contribution in [3.8, 4) is 0 Å². The number of anilines is 1. The van der Waals surface area contributed by atoms with Crippen molar-refractivity contribution >= 4 is 33.4 Å². The second-order valence-electron chi connectivity index (χ2n) is 2.96. The number of hydrazine groups is 1. The van der Waals surface area contributed by atoms with E-state index in [-0.39, 0.29) is 17.1 Å². The zero-order chi connectivity index (χ0) is 12.0. The van der Waals surface area contributed by atoms with Gasteiger partial charge in [0.1, 0.15) is 0 Å². The Hall–Kier alpha value is -1.40. The highest BCUT2D eigenvalue weighted by molar-refractivity contribution is 9.09. The average Bonchev–Trinajstić information content (AvgIpc) is 2.30. The number of alkyl halides is 1. The van der Waals surface area contributed by atoms with Crippen molar-refractivity contribution in [3.05, 3.63) is 29.8 Å². The normalized spacial score (nSPS) is 9.62. The molecule has 0 saturated carbocycles. The molecule has 0 saturated heterocycles. The molecule has 1 aromatic carbocycles. The van der Waals surface area contributed by atoms with Gasteiger partial charge in [-0.05, 0) is 24.3 Å². The van der Waals surface area contributed by atoms with Crippen LogP contribution in [-0.4, -0.2) is 24.2 Å². The summed E-state index contributed by atoms with van der Waals surface area (Å²) in [6, 6.07) is 6.61. The Labute approximate surface area is 102 Å². The van der Waals surface area contributed by atoms with Crippen molar-refractivity contribution in [1.29, 1.82) is 0 Å². The zero-order valence-corrected chi connectivity index (χ0v) is 10.3. The molecular weight excluding hydrogens is 274 g/mol. The van der Waals surface area contributed by atoms with Crippen LogP contribution in [0.4, 0.5) is 5.69 Å². The Morgan fingerprint density at radius 3 is 2.38 bits per heavy atom. The highest BCUT2D eigenvalue weighted by Gasteiger charge is 2.04. The molecule has 86 valence electrons. The Balaban J connectivity index is 2.67. The predicted molar refractivity (Wildman–Crippen MR) is 65.4 cm³/mol. The molecule has 0 aromatic heterocycles. The summed E-state index contributed by atoms with van der Waals surface area (Å²) in [5.41, 5.74) is 6.17. The van der Waals surface area contributed by atoms with E-state index >= 15 is 0 Å². The van der Waals surface area contributed by atoms with Gasteiger partial charge in [0.25, 0.3) is 5.91 Å². The Bertz CT molecular complexity index is 378. The van der Waals surface area contributed by atoms with Gasteiger partial charge in [-0.1, -0.05) is 15.9 Å². The summed E-state index contributed by atoms with van der Waals surface area (Å²) in [6.07, 6.45) is 0. The standard InChI is InChI=1S/C10H12BrN3O2/c1-12-14-10(16)7-2-4-8(5-3-7)13-9(15)6-11/h2-5,12H,6H2,1H3,(H,13,15)(H,14,16). The molecule has 0 radical (unpaired) electrons. The topological polar surface area (TPSA) is 70.2 Å². The van der Waals surface area contributed by atoms with Crippen LogP contribution in [0.3, 0.4) is 0 Å². The van der Waals surface area contributed by atoms with Crippen molar-refractivity contribution in [3.63, 3.8) is 0 Å². The lowest BCUT2D eigenvalue weighted by atomic mass is 10.2. The summed E-state index contributed by atoms with van der Waals surface area (Å²) in [6.45, 7) is 0. The lowest BCUT2D eigenvalue weighted by Crippen LogP contribution is -2.34. The van der Waals surface area contributed by atoms with Crippen LogP contribution in [0.1, 0.15) is 10.4 Å². The van der Waals surface area contributed by atoms with Crippen LogP contribution < -0.4 is 16.2 Å². The number of hydrogen-bond donors (Lipinski definition) is 3. The molecule has 0 unspecified atom stereocenters. The fraction of sp³-hybridized carbons (Fsp3) is 0.200. The Morgan fingerprint density at radius 1 is 1.25 bits per heavy atom. The van der Waals surface area contributed by atoms with Crippen LogP contribution in [0.5, 0.6) is 0 Å². The summed E-state index contributed by atoms with van der Waals surface area (Å²) in [7, 11) is 1.61. The number of nitrogens with one attached hydrogen (secondary N) is 3. The quantitative estimate of drug-likeness (QED) is 0.568. The molecule has 3 N–H and O–H groups in total. The fourth-order valence-corrected chi connectivity index (χ4v) is 1.23. The lowest BCUT2D eigenvalue weighted by molar-refractivity contribution is -0.113. The number of benzene rings is 1. The van der Waals surface area contributed by atoms with Crippen molar-refractivity contribution < 1.29 is 9.59 Å². The number of hydrogen-bond acceptors (Lipinski definition) is 3. The number of rotatable bonds is 4. The number of carbonyl (C=O) groups excluding carboxylic acids is 2. The van der Waals surface area contributed by atoms with Crippen LogP contribution in [0, 0.1) is 0 Å². The van der Waals surface area contributed by atoms with Crippen molar-refractivity contribution in [1.82, 2.24) is 10.9 Å². The van der Waals surface area contributed by atoms with Gasteiger partial charge in [-0.15, -0.1) is 0 Å². The van der Waals surface area contributed by atoms with E-state index < -0.39 is 0 Å². The first-order valence-corrected chi connectivity index (χ1v) is 5.72. The first-order chi connectivity index (χ1) is 7.67. The largest absolute Gasteiger partial charge is 0.325 e. The summed E-state index contributed by atoms with van der Waals surface area (Å²) in [5, 5.41) is 2.90. The van der Waals surface area contributed by atoms with Gasteiger partial charge in [0.05, 0.1) is 5.33 Å². The molecule has 1 rings (SSSR count). The summed E-state index contributed by atoms with van der Waals surface area (Å²) in [5.74, 6) is -0.353. The highest BCUT2D eigenvalue weighted by Crippen LogP contribution is 2.09. The van der Waals surface area contributed by atoms with Gasteiger partial charge in [-0.2, -0.15) is 0 Å². The first kappa shape index (κ1) is 12.7. The minimum atomic E-state index is -0.221. The van der Waals surface area contributed by atoms with E-state index in [4.69, 9.17) is 0 Å². The van der Waals surface area contributed by atoms with Crippen LogP contribution in [0.2, 0.25) is 0 Å². The first-order valence-electron chi connectivity index (χ1n) is 4.60. The van der Waals surface area contributed by atoms with Gasteiger partial charge in [0, 0.05) is 18.3 Å². The van der Waals surface area contributed by atoms with Crippen molar-refractivity contribution in [2.45, 2.75) is 0 Å². The van der Waals surface area contributed by atoms with Gasteiger partial charge in [-0.3, -0.25) is 15.0 Å². The number of carbonyl (C=O) groups is 2. The molecule has 0 aliphatic heterocycles. The van der Waals surface area contributed by atoms with Gasteiger partial charge in [0.15, 0.2) is 0 Å². The molecule has 0 atom stereocenters. The molecule has 6 heteroatoms. The molecule has 0 spiro atoms. The Kier molecular flexibility index (Phi) is 4.94.